The summed E-state index contributed by atoms with van der Waals surface area (Å²) in [7, 11) is 0. The van der Waals surface area contributed by atoms with Gasteiger partial charge < -0.3 is 9.47 Å². The molecule has 0 aliphatic carbocycles. The molecule has 0 atom stereocenters. The molecule has 0 aromatic rings. The van der Waals surface area contributed by atoms with Crippen LogP contribution in [0.4, 0.5) is 4.79 Å². The smallest absolute Gasteiger partial charge is 0.428 e. The van der Waals surface area contributed by atoms with Gasteiger partial charge in [-0.2, -0.15) is 0 Å². The van der Waals surface area contributed by atoms with E-state index in [9.17, 15) is 4.79 Å². The van der Waals surface area contributed by atoms with Crippen LogP contribution in [-0.2, 0) is 19.2 Å². The molecule has 92 valence electrons. The van der Waals surface area contributed by atoms with Crippen LogP contribution in [0.3, 0.4) is 0 Å². The van der Waals surface area contributed by atoms with E-state index in [1.807, 2.05) is 20.8 Å². The Balaban J connectivity index is 2.45. The Labute approximate surface area is 95.2 Å². The lowest BCUT2D eigenvalue weighted by Gasteiger charge is -2.24. The first kappa shape index (κ1) is 13.0. The monoisotopic (exact) mass is 230 g/mol. The van der Waals surface area contributed by atoms with Gasteiger partial charge in [0.15, 0.2) is 0 Å². The van der Waals surface area contributed by atoms with Gasteiger partial charge in [0.05, 0.1) is 0 Å². The van der Waals surface area contributed by atoms with E-state index in [1.165, 1.54) is 0 Å². The molecule has 5 nitrogen and oxygen atoms in total. The zero-order chi connectivity index (χ0) is 12.4. The van der Waals surface area contributed by atoms with Crippen molar-refractivity contribution < 1.29 is 24.0 Å². The third-order valence-electron chi connectivity index (χ3n) is 2.19. The highest BCUT2D eigenvalue weighted by atomic mass is 17.5. The van der Waals surface area contributed by atoms with Crippen molar-refractivity contribution in [2.24, 2.45) is 0 Å². The third kappa shape index (κ3) is 3.21. The molecule has 1 heterocycles. The maximum atomic E-state index is 11.4. The fourth-order valence-corrected chi connectivity index (χ4v) is 1.31. The third-order valence-corrected chi connectivity index (χ3v) is 2.19. The maximum absolute atomic E-state index is 11.4. The van der Waals surface area contributed by atoms with E-state index < -0.39 is 17.7 Å². The van der Waals surface area contributed by atoms with Gasteiger partial charge in [-0.3, -0.25) is 0 Å². The van der Waals surface area contributed by atoms with E-state index in [0.29, 0.717) is 5.57 Å². The largest absolute Gasteiger partial charge is 0.513 e. The van der Waals surface area contributed by atoms with Crippen LogP contribution in [0.1, 0.15) is 40.5 Å². The highest BCUT2D eigenvalue weighted by molar-refractivity contribution is 5.61. The lowest BCUT2D eigenvalue weighted by Crippen LogP contribution is -2.31. The van der Waals surface area contributed by atoms with Crippen LogP contribution in [0.15, 0.2) is 12.2 Å². The molecule has 1 rings (SSSR count). The number of carbonyl (C=O) groups excluding carboxylic acids is 1. The molecule has 1 saturated heterocycles. The van der Waals surface area contributed by atoms with Gasteiger partial charge in [0.1, 0.15) is 5.60 Å². The summed E-state index contributed by atoms with van der Waals surface area (Å²) in [5.74, 6) is -1.43. The Morgan fingerprint density at radius 3 is 2.38 bits per heavy atom. The molecule has 0 saturated carbocycles. The molecule has 1 fully saturated rings. The summed E-state index contributed by atoms with van der Waals surface area (Å²) in [4.78, 5) is 20.6. The molecule has 0 spiro atoms. The lowest BCUT2D eigenvalue weighted by molar-refractivity contribution is -0.0642. The second-order valence-electron chi connectivity index (χ2n) is 4.47. The minimum absolute atomic E-state index is 0.456. The van der Waals surface area contributed by atoms with Crippen LogP contribution in [0.25, 0.3) is 0 Å². The summed E-state index contributed by atoms with van der Waals surface area (Å²) in [6, 6.07) is 0. The van der Waals surface area contributed by atoms with Crippen molar-refractivity contribution in [1.29, 1.82) is 0 Å². The number of rotatable bonds is 5. The van der Waals surface area contributed by atoms with Crippen molar-refractivity contribution in [1.82, 2.24) is 0 Å². The summed E-state index contributed by atoms with van der Waals surface area (Å²) in [5.41, 5.74) is -0.102. The van der Waals surface area contributed by atoms with Crippen LogP contribution in [-0.4, -0.2) is 17.7 Å². The highest BCUT2D eigenvalue weighted by Gasteiger charge is 2.56. The van der Waals surface area contributed by atoms with E-state index in [-0.39, 0.29) is 0 Å². The quantitative estimate of drug-likeness (QED) is 0.314. The molecule has 5 heteroatoms. The molecule has 0 amide bonds. The van der Waals surface area contributed by atoms with E-state index in [1.54, 1.807) is 6.92 Å². The molecule has 0 unspecified atom stereocenters. The van der Waals surface area contributed by atoms with Crippen LogP contribution in [0.5, 0.6) is 0 Å². The second-order valence-corrected chi connectivity index (χ2v) is 4.47. The fraction of sp³-hybridized carbons (Fsp3) is 0.727. The van der Waals surface area contributed by atoms with Gasteiger partial charge in [0.2, 0.25) is 0 Å². The summed E-state index contributed by atoms with van der Waals surface area (Å²) in [6.07, 6.45) is 0.849. The van der Waals surface area contributed by atoms with Gasteiger partial charge in [0, 0.05) is 5.57 Å². The minimum Gasteiger partial charge on any atom is -0.428 e. The van der Waals surface area contributed by atoms with Crippen molar-refractivity contribution in [2.75, 3.05) is 0 Å². The van der Waals surface area contributed by atoms with E-state index in [2.05, 4.69) is 16.4 Å². The highest BCUT2D eigenvalue weighted by Crippen LogP contribution is 2.38. The van der Waals surface area contributed by atoms with Crippen molar-refractivity contribution in [2.45, 2.75) is 52.1 Å². The fourth-order valence-electron chi connectivity index (χ4n) is 1.31. The van der Waals surface area contributed by atoms with Gasteiger partial charge >= 0.3 is 12.1 Å². The zero-order valence-electron chi connectivity index (χ0n) is 10.2. The standard InChI is InChI=1S/C11H18O5/c1-6-7-10(4,5)13-9(12)14-11(8(2)3)15-16-11/h2,6-7H2,1,3-5H3. The van der Waals surface area contributed by atoms with Crippen molar-refractivity contribution >= 4 is 6.16 Å². The molecule has 16 heavy (non-hydrogen) atoms. The molecule has 0 aromatic carbocycles. The Hall–Kier alpha value is -1.07. The minimum atomic E-state index is -1.43. The molecular formula is C11H18O5. The van der Waals surface area contributed by atoms with Gasteiger partial charge in [-0.1, -0.05) is 19.9 Å². The molecular weight excluding hydrogens is 212 g/mol. The first-order chi connectivity index (χ1) is 7.31. The molecule has 0 bridgehead atoms. The molecule has 1 aliphatic rings. The van der Waals surface area contributed by atoms with Crippen LogP contribution in [0, 0.1) is 0 Å². The van der Waals surface area contributed by atoms with Gasteiger partial charge in [0.25, 0.3) is 0 Å². The molecule has 0 aromatic heterocycles. The second kappa shape index (κ2) is 4.43. The number of carbonyl (C=O) groups is 1. The Bertz CT molecular complexity index is 291. The van der Waals surface area contributed by atoms with E-state index in [0.717, 1.165) is 12.8 Å². The molecule has 0 N–H and O–H groups in total. The predicted octanol–water partition coefficient (Wildman–Crippen LogP) is 2.91. The number of hydrogen-bond acceptors (Lipinski definition) is 5. The SMILES string of the molecule is C=C(C)C1(OC(=O)OC(C)(C)CCC)OO1. The first-order valence-electron chi connectivity index (χ1n) is 5.26. The van der Waals surface area contributed by atoms with Crippen molar-refractivity contribution in [3.05, 3.63) is 12.2 Å². The maximum Gasteiger partial charge on any atom is 0.513 e. The Morgan fingerprint density at radius 2 is 2.00 bits per heavy atom. The summed E-state index contributed by atoms with van der Waals surface area (Å²) in [6.45, 7) is 10.9. The Kier molecular flexibility index (Phi) is 3.60. The van der Waals surface area contributed by atoms with Gasteiger partial charge in [-0.05, 0) is 27.2 Å². The molecule has 0 radical (unpaired) electrons. The molecule has 1 aliphatic heterocycles. The number of ether oxygens (including phenoxy) is 2. The summed E-state index contributed by atoms with van der Waals surface area (Å²) in [5, 5.41) is 0. The average molecular weight is 230 g/mol. The summed E-state index contributed by atoms with van der Waals surface area (Å²) >= 11 is 0. The van der Waals surface area contributed by atoms with Crippen molar-refractivity contribution in [3.63, 3.8) is 0 Å². The van der Waals surface area contributed by atoms with Crippen LogP contribution in [0.2, 0.25) is 0 Å². The van der Waals surface area contributed by atoms with E-state index >= 15 is 0 Å². The van der Waals surface area contributed by atoms with Crippen LogP contribution >= 0.6 is 0 Å². The normalized spacial score (nSPS) is 17.8. The zero-order valence-corrected chi connectivity index (χ0v) is 10.2. The van der Waals surface area contributed by atoms with Gasteiger partial charge in [-0.25, -0.2) is 4.79 Å². The topological polar surface area (TPSA) is 60.6 Å². The number of hydrogen-bond donors (Lipinski definition) is 0. The van der Waals surface area contributed by atoms with E-state index in [4.69, 9.17) is 9.47 Å². The lowest BCUT2D eigenvalue weighted by atomic mass is 10.0. The van der Waals surface area contributed by atoms with Gasteiger partial charge in [-0.15, -0.1) is 9.78 Å². The Morgan fingerprint density at radius 1 is 1.44 bits per heavy atom. The average Bonchev–Trinajstić information content (AvgIpc) is 2.83. The summed E-state index contributed by atoms with van der Waals surface area (Å²) < 4.78 is 10.0. The van der Waals surface area contributed by atoms with Crippen molar-refractivity contribution in [3.8, 4) is 0 Å². The predicted molar refractivity (Wildman–Crippen MR) is 56.3 cm³/mol. The van der Waals surface area contributed by atoms with Crippen LogP contribution < -0.4 is 0 Å². The first-order valence-corrected chi connectivity index (χ1v) is 5.26.